The van der Waals surface area contributed by atoms with E-state index in [0.29, 0.717) is 24.2 Å². The van der Waals surface area contributed by atoms with Crippen molar-refractivity contribution in [2.24, 2.45) is 11.8 Å². The van der Waals surface area contributed by atoms with Crippen LogP contribution in [0.4, 0.5) is 0 Å². The summed E-state index contributed by atoms with van der Waals surface area (Å²) in [5.41, 5.74) is 4.38. The van der Waals surface area contributed by atoms with Crippen molar-refractivity contribution in [3.63, 3.8) is 0 Å². The van der Waals surface area contributed by atoms with Crippen molar-refractivity contribution in [2.75, 3.05) is 0 Å². The van der Waals surface area contributed by atoms with Gasteiger partial charge in [-0.1, -0.05) is 0 Å². The molecule has 0 radical (unpaired) electrons. The van der Waals surface area contributed by atoms with E-state index in [4.69, 9.17) is 10.6 Å². The molecule has 3 heterocycles. The number of thiophene rings is 1. The van der Waals surface area contributed by atoms with Crippen molar-refractivity contribution in [2.45, 2.75) is 43.9 Å². The lowest BCUT2D eigenvalue weighted by molar-refractivity contribution is 0.0857. The van der Waals surface area contributed by atoms with E-state index < -0.39 is 0 Å². The summed E-state index contributed by atoms with van der Waals surface area (Å²) in [6, 6.07) is 2.55. The van der Waals surface area contributed by atoms with Crippen LogP contribution >= 0.6 is 11.3 Å². The quantitative estimate of drug-likeness (QED) is 0.620. The van der Waals surface area contributed by atoms with E-state index in [1.165, 1.54) is 24.8 Å². The van der Waals surface area contributed by atoms with Gasteiger partial charge in [0.25, 0.3) is 0 Å². The van der Waals surface area contributed by atoms with Gasteiger partial charge in [0.05, 0.1) is 12.2 Å². The zero-order valence-corrected chi connectivity index (χ0v) is 10.1. The maximum absolute atomic E-state index is 5.89. The van der Waals surface area contributed by atoms with E-state index >= 15 is 0 Å². The van der Waals surface area contributed by atoms with Crippen LogP contribution in [-0.4, -0.2) is 18.2 Å². The molecule has 0 saturated carbocycles. The summed E-state index contributed by atoms with van der Waals surface area (Å²) in [5.74, 6) is 6.30. The van der Waals surface area contributed by atoms with Crippen LogP contribution in [0.2, 0.25) is 0 Å². The second kappa shape index (κ2) is 4.45. The average Bonchev–Trinajstić information content (AvgIpc) is 3.02. The third-order valence-corrected chi connectivity index (χ3v) is 4.65. The van der Waals surface area contributed by atoms with Gasteiger partial charge in [-0.15, -0.1) is 0 Å². The number of hydrazine groups is 1. The lowest BCUT2D eigenvalue weighted by Crippen LogP contribution is -2.45. The minimum Gasteiger partial charge on any atom is -0.375 e. The zero-order valence-electron chi connectivity index (χ0n) is 9.26. The van der Waals surface area contributed by atoms with Gasteiger partial charge in [0.2, 0.25) is 0 Å². The molecule has 4 heteroatoms. The predicted octanol–water partition coefficient (Wildman–Crippen LogP) is 1.69. The molecule has 3 rings (SSSR count). The maximum Gasteiger partial charge on any atom is 0.0624 e. The Hall–Kier alpha value is -0.420. The van der Waals surface area contributed by atoms with Gasteiger partial charge in [-0.25, -0.2) is 0 Å². The predicted molar refractivity (Wildman–Crippen MR) is 65.1 cm³/mol. The molecule has 4 atom stereocenters. The van der Waals surface area contributed by atoms with Gasteiger partial charge in [-0.05, 0) is 48.1 Å². The van der Waals surface area contributed by atoms with Gasteiger partial charge >= 0.3 is 0 Å². The van der Waals surface area contributed by atoms with Gasteiger partial charge in [0.15, 0.2) is 0 Å². The average molecular weight is 238 g/mol. The summed E-state index contributed by atoms with van der Waals surface area (Å²) in [6.45, 7) is 0. The van der Waals surface area contributed by atoms with Crippen molar-refractivity contribution in [1.82, 2.24) is 5.43 Å². The first-order chi connectivity index (χ1) is 7.86. The van der Waals surface area contributed by atoms with Crippen LogP contribution < -0.4 is 11.3 Å². The zero-order chi connectivity index (χ0) is 11.0. The Morgan fingerprint density at radius 1 is 1.56 bits per heavy atom. The third kappa shape index (κ3) is 1.91. The molecule has 1 aromatic heterocycles. The van der Waals surface area contributed by atoms with Crippen LogP contribution in [-0.2, 0) is 11.2 Å². The first-order valence-corrected chi connectivity index (χ1v) is 6.94. The highest BCUT2D eigenvalue weighted by Crippen LogP contribution is 2.40. The highest BCUT2D eigenvalue weighted by atomic mass is 32.1. The molecule has 4 unspecified atom stereocenters. The molecule has 2 aliphatic heterocycles. The molecule has 2 aliphatic rings. The standard InChI is InChI=1S/C12H18N2OS/c13-14-11(5-8-3-4-16-7-8)10-6-9-1-2-12(10)15-9/h3-4,7,9-12,14H,1-2,5-6,13H2. The van der Waals surface area contributed by atoms with E-state index in [1.54, 1.807) is 11.3 Å². The van der Waals surface area contributed by atoms with Crippen molar-refractivity contribution >= 4 is 11.3 Å². The number of nitrogens with two attached hydrogens (primary N) is 1. The molecule has 16 heavy (non-hydrogen) atoms. The second-order valence-corrected chi connectivity index (χ2v) is 5.66. The minimum atomic E-state index is 0.366. The van der Waals surface area contributed by atoms with Crippen molar-refractivity contribution < 1.29 is 4.74 Å². The Balaban J connectivity index is 1.67. The topological polar surface area (TPSA) is 47.3 Å². The summed E-state index contributed by atoms with van der Waals surface area (Å²) < 4.78 is 5.89. The van der Waals surface area contributed by atoms with Crippen molar-refractivity contribution in [3.8, 4) is 0 Å². The lowest BCUT2D eigenvalue weighted by Gasteiger charge is -2.27. The number of fused-ring (bicyclic) bond motifs is 2. The monoisotopic (exact) mass is 238 g/mol. The Morgan fingerprint density at radius 3 is 3.06 bits per heavy atom. The van der Waals surface area contributed by atoms with E-state index in [2.05, 4.69) is 22.3 Å². The van der Waals surface area contributed by atoms with Crippen LogP contribution in [0.3, 0.4) is 0 Å². The maximum atomic E-state index is 5.89. The van der Waals surface area contributed by atoms with Gasteiger partial charge < -0.3 is 4.74 Å². The van der Waals surface area contributed by atoms with Crippen LogP contribution in [0.25, 0.3) is 0 Å². The van der Waals surface area contributed by atoms with Gasteiger partial charge in [-0.3, -0.25) is 11.3 Å². The molecule has 0 aliphatic carbocycles. The van der Waals surface area contributed by atoms with E-state index in [0.717, 1.165) is 6.42 Å². The van der Waals surface area contributed by atoms with Crippen LogP contribution in [0.15, 0.2) is 16.8 Å². The number of ether oxygens (including phenoxy) is 1. The molecular formula is C12H18N2OS. The Bertz CT molecular complexity index is 341. The fraction of sp³-hybridized carbons (Fsp3) is 0.667. The number of rotatable bonds is 4. The van der Waals surface area contributed by atoms with Gasteiger partial charge in [0.1, 0.15) is 0 Å². The lowest BCUT2D eigenvalue weighted by atomic mass is 9.82. The molecule has 0 aromatic carbocycles. The van der Waals surface area contributed by atoms with E-state index in [9.17, 15) is 0 Å². The molecule has 2 saturated heterocycles. The fourth-order valence-corrected chi connectivity index (χ4v) is 3.78. The molecular weight excluding hydrogens is 220 g/mol. The molecule has 2 fully saturated rings. The smallest absolute Gasteiger partial charge is 0.0624 e. The highest BCUT2D eigenvalue weighted by molar-refractivity contribution is 7.07. The molecule has 0 amide bonds. The van der Waals surface area contributed by atoms with Crippen molar-refractivity contribution in [1.29, 1.82) is 0 Å². The number of nitrogens with one attached hydrogen (secondary N) is 1. The fourth-order valence-electron chi connectivity index (χ4n) is 3.10. The van der Waals surface area contributed by atoms with Gasteiger partial charge in [0, 0.05) is 12.0 Å². The molecule has 1 aromatic rings. The minimum absolute atomic E-state index is 0.366. The van der Waals surface area contributed by atoms with E-state index in [1.807, 2.05) is 0 Å². The molecule has 3 nitrogen and oxygen atoms in total. The van der Waals surface area contributed by atoms with Crippen LogP contribution in [0, 0.1) is 5.92 Å². The Labute approximate surface area is 100.0 Å². The first-order valence-electron chi connectivity index (χ1n) is 5.99. The number of hydrogen-bond acceptors (Lipinski definition) is 4. The molecule has 2 bridgehead atoms. The molecule has 88 valence electrons. The summed E-state index contributed by atoms with van der Waals surface area (Å²) in [4.78, 5) is 0. The first kappa shape index (κ1) is 10.7. The summed E-state index contributed by atoms with van der Waals surface area (Å²) in [5, 5.41) is 4.33. The van der Waals surface area contributed by atoms with Crippen LogP contribution in [0.5, 0.6) is 0 Å². The summed E-state index contributed by atoms with van der Waals surface area (Å²) in [6.07, 6.45) is 5.63. The summed E-state index contributed by atoms with van der Waals surface area (Å²) in [7, 11) is 0. The van der Waals surface area contributed by atoms with Crippen LogP contribution in [0.1, 0.15) is 24.8 Å². The third-order valence-electron chi connectivity index (χ3n) is 3.92. The molecule has 0 spiro atoms. The van der Waals surface area contributed by atoms with E-state index in [-0.39, 0.29) is 0 Å². The normalized spacial score (nSPS) is 34.4. The SMILES string of the molecule is NNC(Cc1ccsc1)C1CC2CCC1O2. The van der Waals surface area contributed by atoms with Crippen molar-refractivity contribution in [3.05, 3.63) is 22.4 Å². The second-order valence-electron chi connectivity index (χ2n) is 4.88. The summed E-state index contributed by atoms with van der Waals surface area (Å²) >= 11 is 1.75. The largest absolute Gasteiger partial charge is 0.375 e. The highest BCUT2D eigenvalue weighted by Gasteiger charge is 2.43. The number of hydrogen-bond donors (Lipinski definition) is 2. The Morgan fingerprint density at radius 2 is 2.50 bits per heavy atom. The molecule has 3 N–H and O–H groups in total. The van der Waals surface area contributed by atoms with Gasteiger partial charge in [-0.2, -0.15) is 11.3 Å². The Kier molecular flexibility index (Phi) is 2.98.